The minimum atomic E-state index is -0.653. The van der Waals surface area contributed by atoms with Gasteiger partial charge < -0.3 is 9.26 Å². The van der Waals surface area contributed by atoms with Crippen LogP contribution in [0.1, 0.15) is 75.8 Å². The standard InChI is InChI=1S/C18H23N5O3/c1-10(2)23-14-12(9-20-23)7-13(8-19-14)16(24)25-11(3)15-21-17(22-26-15)18(4,5)6/h7-11H,1-6H3/t11-/m1/s1. The molecule has 0 unspecified atom stereocenters. The lowest BCUT2D eigenvalue weighted by atomic mass is 9.96. The molecular formula is C18H23N5O3. The summed E-state index contributed by atoms with van der Waals surface area (Å²) in [6, 6.07) is 1.91. The van der Waals surface area contributed by atoms with E-state index in [0.29, 0.717) is 11.4 Å². The fourth-order valence-corrected chi connectivity index (χ4v) is 2.41. The van der Waals surface area contributed by atoms with E-state index in [2.05, 4.69) is 20.2 Å². The van der Waals surface area contributed by atoms with Crippen molar-refractivity contribution in [1.82, 2.24) is 24.9 Å². The molecule has 3 heterocycles. The molecule has 0 aliphatic rings. The predicted octanol–water partition coefficient (Wildman–Crippen LogP) is 3.61. The second kappa shape index (κ2) is 6.51. The summed E-state index contributed by atoms with van der Waals surface area (Å²) in [5.41, 5.74) is 0.844. The number of hydrogen-bond acceptors (Lipinski definition) is 7. The summed E-state index contributed by atoms with van der Waals surface area (Å²) in [7, 11) is 0. The number of aromatic nitrogens is 5. The van der Waals surface area contributed by atoms with E-state index in [9.17, 15) is 4.79 Å². The van der Waals surface area contributed by atoms with Crippen LogP contribution in [-0.2, 0) is 10.2 Å². The summed E-state index contributed by atoms with van der Waals surface area (Å²) in [6.45, 7) is 11.7. The third-order valence-corrected chi connectivity index (χ3v) is 3.90. The Morgan fingerprint density at radius 2 is 1.96 bits per heavy atom. The van der Waals surface area contributed by atoms with Crippen LogP contribution in [-0.4, -0.2) is 30.9 Å². The van der Waals surface area contributed by atoms with Crippen molar-refractivity contribution in [3.05, 3.63) is 35.7 Å². The van der Waals surface area contributed by atoms with Crippen molar-refractivity contribution in [1.29, 1.82) is 0 Å². The van der Waals surface area contributed by atoms with E-state index in [1.165, 1.54) is 6.20 Å². The fourth-order valence-electron chi connectivity index (χ4n) is 2.41. The highest BCUT2D eigenvalue weighted by Gasteiger charge is 2.25. The molecule has 0 bridgehead atoms. The van der Waals surface area contributed by atoms with Gasteiger partial charge in [-0.15, -0.1) is 0 Å². The third kappa shape index (κ3) is 3.44. The number of carbonyl (C=O) groups is 1. The SMILES string of the molecule is CC(C)n1ncc2cc(C(=O)O[C@H](C)c3nc(C(C)(C)C)no3)cnc21. The molecule has 0 fully saturated rings. The van der Waals surface area contributed by atoms with Gasteiger partial charge in [0.25, 0.3) is 5.89 Å². The highest BCUT2D eigenvalue weighted by molar-refractivity contribution is 5.93. The number of rotatable bonds is 4. The Morgan fingerprint density at radius 3 is 2.58 bits per heavy atom. The largest absolute Gasteiger partial charge is 0.449 e. The first kappa shape index (κ1) is 18.0. The van der Waals surface area contributed by atoms with Gasteiger partial charge in [-0.2, -0.15) is 10.1 Å². The summed E-state index contributed by atoms with van der Waals surface area (Å²) < 4.78 is 12.5. The van der Waals surface area contributed by atoms with Crippen LogP contribution >= 0.6 is 0 Å². The molecule has 0 N–H and O–H groups in total. The molecule has 0 amide bonds. The van der Waals surface area contributed by atoms with E-state index >= 15 is 0 Å². The quantitative estimate of drug-likeness (QED) is 0.658. The molecule has 3 aromatic rings. The van der Waals surface area contributed by atoms with Gasteiger partial charge in [-0.25, -0.2) is 14.5 Å². The van der Waals surface area contributed by atoms with Crippen molar-refractivity contribution in [2.75, 3.05) is 0 Å². The van der Waals surface area contributed by atoms with E-state index in [1.807, 2.05) is 34.6 Å². The molecule has 8 heteroatoms. The summed E-state index contributed by atoms with van der Waals surface area (Å²) in [4.78, 5) is 21.1. The molecule has 138 valence electrons. The maximum Gasteiger partial charge on any atom is 0.340 e. The zero-order valence-electron chi connectivity index (χ0n) is 15.8. The van der Waals surface area contributed by atoms with Crippen LogP contribution in [0.5, 0.6) is 0 Å². The van der Waals surface area contributed by atoms with Crippen LogP contribution < -0.4 is 0 Å². The minimum Gasteiger partial charge on any atom is -0.449 e. The van der Waals surface area contributed by atoms with Crippen LogP contribution in [0.2, 0.25) is 0 Å². The molecule has 0 aliphatic heterocycles. The fraction of sp³-hybridized carbons (Fsp3) is 0.500. The highest BCUT2D eigenvalue weighted by atomic mass is 16.6. The molecule has 0 aromatic carbocycles. The lowest BCUT2D eigenvalue weighted by Crippen LogP contribution is -2.14. The summed E-state index contributed by atoms with van der Waals surface area (Å²) in [6.07, 6.45) is 2.53. The van der Waals surface area contributed by atoms with Crippen LogP contribution in [0.3, 0.4) is 0 Å². The van der Waals surface area contributed by atoms with Crippen LogP contribution in [0.25, 0.3) is 11.0 Å². The van der Waals surface area contributed by atoms with E-state index in [1.54, 1.807) is 23.9 Å². The van der Waals surface area contributed by atoms with Gasteiger partial charge in [0.05, 0.1) is 11.8 Å². The summed E-state index contributed by atoms with van der Waals surface area (Å²) in [5.74, 6) is 0.337. The average Bonchev–Trinajstić information content (AvgIpc) is 3.20. The first-order valence-corrected chi connectivity index (χ1v) is 8.55. The van der Waals surface area contributed by atoms with Gasteiger partial charge in [0.2, 0.25) is 0 Å². The Bertz CT molecular complexity index is 936. The number of fused-ring (bicyclic) bond motifs is 1. The molecule has 8 nitrogen and oxygen atoms in total. The van der Waals surface area contributed by atoms with Crippen molar-refractivity contribution in [2.45, 2.75) is 59.1 Å². The lowest BCUT2D eigenvalue weighted by Gasteiger charge is -2.12. The number of nitrogens with zero attached hydrogens (tertiary/aromatic N) is 5. The van der Waals surface area contributed by atoms with Gasteiger partial charge in [0.15, 0.2) is 17.6 Å². The molecule has 0 saturated carbocycles. The maximum absolute atomic E-state index is 12.4. The second-order valence-corrected chi connectivity index (χ2v) is 7.57. The van der Waals surface area contributed by atoms with Crippen LogP contribution in [0, 0.1) is 0 Å². The molecule has 0 radical (unpaired) electrons. The minimum absolute atomic E-state index is 0.187. The van der Waals surface area contributed by atoms with Crippen molar-refractivity contribution >= 4 is 17.0 Å². The Hall–Kier alpha value is -2.77. The van der Waals surface area contributed by atoms with Crippen molar-refractivity contribution < 1.29 is 14.1 Å². The first-order chi connectivity index (χ1) is 12.2. The topological polar surface area (TPSA) is 95.9 Å². The van der Waals surface area contributed by atoms with Crippen LogP contribution in [0.4, 0.5) is 0 Å². The Balaban J connectivity index is 1.77. The summed E-state index contributed by atoms with van der Waals surface area (Å²) >= 11 is 0. The average molecular weight is 357 g/mol. The van der Waals surface area contributed by atoms with Gasteiger partial charge in [0, 0.05) is 23.0 Å². The Morgan fingerprint density at radius 1 is 1.23 bits per heavy atom. The van der Waals surface area contributed by atoms with E-state index in [-0.39, 0.29) is 17.3 Å². The van der Waals surface area contributed by atoms with Gasteiger partial charge in [-0.1, -0.05) is 25.9 Å². The van der Waals surface area contributed by atoms with E-state index < -0.39 is 12.1 Å². The molecule has 3 aromatic heterocycles. The highest BCUT2D eigenvalue weighted by Crippen LogP contribution is 2.23. The normalized spacial score (nSPS) is 13.3. The lowest BCUT2D eigenvalue weighted by molar-refractivity contribution is 0.0265. The van der Waals surface area contributed by atoms with Crippen molar-refractivity contribution in [3.63, 3.8) is 0 Å². The molecule has 0 aliphatic carbocycles. The smallest absolute Gasteiger partial charge is 0.340 e. The van der Waals surface area contributed by atoms with E-state index in [4.69, 9.17) is 9.26 Å². The molecule has 0 spiro atoms. The molecule has 1 atom stereocenters. The van der Waals surface area contributed by atoms with Gasteiger partial charge in [-0.3, -0.25) is 0 Å². The molecule has 0 saturated heterocycles. The van der Waals surface area contributed by atoms with Gasteiger partial charge >= 0.3 is 5.97 Å². The van der Waals surface area contributed by atoms with Gasteiger partial charge in [-0.05, 0) is 26.8 Å². The Kier molecular flexibility index (Phi) is 4.52. The zero-order chi connectivity index (χ0) is 19.1. The van der Waals surface area contributed by atoms with Gasteiger partial charge in [0.1, 0.15) is 0 Å². The van der Waals surface area contributed by atoms with E-state index in [0.717, 1.165) is 11.0 Å². The molecule has 3 rings (SSSR count). The van der Waals surface area contributed by atoms with Crippen LogP contribution in [0.15, 0.2) is 23.0 Å². The number of hydrogen-bond donors (Lipinski definition) is 0. The van der Waals surface area contributed by atoms with Crippen molar-refractivity contribution in [3.8, 4) is 0 Å². The van der Waals surface area contributed by atoms with Crippen molar-refractivity contribution in [2.24, 2.45) is 0 Å². The predicted molar refractivity (Wildman–Crippen MR) is 94.7 cm³/mol. The number of ether oxygens (including phenoxy) is 1. The third-order valence-electron chi connectivity index (χ3n) is 3.90. The molecule has 26 heavy (non-hydrogen) atoms. The second-order valence-electron chi connectivity index (χ2n) is 7.57. The monoisotopic (exact) mass is 357 g/mol. The summed E-state index contributed by atoms with van der Waals surface area (Å²) in [5, 5.41) is 9.03. The zero-order valence-corrected chi connectivity index (χ0v) is 15.8. The number of pyridine rings is 1. The maximum atomic E-state index is 12.4. The number of esters is 1. The first-order valence-electron chi connectivity index (χ1n) is 8.55. The Labute approximate surface area is 151 Å². The molecular weight excluding hydrogens is 334 g/mol. The number of carbonyl (C=O) groups excluding carboxylic acids is 1.